The van der Waals surface area contributed by atoms with Gasteiger partial charge in [0.25, 0.3) is 5.91 Å². The van der Waals surface area contributed by atoms with Crippen molar-refractivity contribution in [1.82, 2.24) is 0 Å². The fraction of sp³-hybridized carbons (Fsp3) is 0.250. The van der Waals surface area contributed by atoms with Gasteiger partial charge in [0.1, 0.15) is 5.75 Å². The van der Waals surface area contributed by atoms with Crippen molar-refractivity contribution in [3.8, 4) is 5.75 Å². The average Bonchev–Trinajstić information content (AvgIpc) is 3.05. The number of rotatable bonds is 8. The molecule has 30 heavy (non-hydrogen) atoms. The van der Waals surface area contributed by atoms with E-state index in [0.29, 0.717) is 17.9 Å². The monoisotopic (exact) mass is 420 g/mol. The molecule has 5 nitrogen and oxygen atoms in total. The van der Waals surface area contributed by atoms with E-state index in [9.17, 15) is 9.59 Å². The van der Waals surface area contributed by atoms with Crippen LogP contribution >= 0.6 is 11.8 Å². The van der Waals surface area contributed by atoms with Crippen LogP contribution in [-0.4, -0.2) is 31.2 Å². The maximum Gasteiger partial charge on any atom is 0.258 e. The van der Waals surface area contributed by atoms with Crippen LogP contribution in [0.1, 0.15) is 30.1 Å². The summed E-state index contributed by atoms with van der Waals surface area (Å²) >= 11 is 1.47. The molecule has 1 heterocycles. The lowest BCUT2D eigenvalue weighted by molar-refractivity contribution is -0.113. The lowest BCUT2D eigenvalue weighted by Crippen LogP contribution is -2.27. The fourth-order valence-corrected chi connectivity index (χ4v) is 4.40. The number of anilines is 2. The van der Waals surface area contributed by atoms with Gasteiger partial charge in [0, 0.05) is 33.5 Å². The number of unbranched alkanes of at least 4 members (excludes halogenated alkanes) is 1. The summed E-state index contributed by atoms with van der Waals surface area (Å²) in [6.45, 7) is 2.83. The second kappa shape index (κ2) is 8.79. The van der Waals surface area contributed by atoms with Crippen LogP contribution in [0.5, 0.6) is 5.75 Å². The molecule has 0 aromatic heterocycles. The molecule has 3 aromatic rings. The third-order valence-corrected chi connectivity index (χ3v) is 6.24. The van der Waals surface area contributed by atoms with Crippen molar-refractivity contribution < 1.29 is 14.3 Å². The van der Waals surface area contributed by atoms with E-state index in [1.165, 1.54) is 11.8 Å². The Balaban J connectivity index is 1.52. The maximum atomic E-state index is 12.8. The van der Waals surface area contributed by atoms with Gasteiger partial charge in [-0.1, -0.05) is 25.5 Å². The largest absolute Gasteiger partial charge is 0.497 e. The number of thioether (sulfide) groups is 1. The van der Waals surface area contributed by atoms with Crippen LogP contribution < -0.4 is 15.0 Å². The summed E-state index contributed by atoms with van der Waals surface area (Å²) < 4.78 is 5.16. The van der Waals surface area contributed by atoms with E-state index >= 15 is 0 Å². The Hall–Kier alpha value is -2.99. The van der Waals surface area contributed by atoms with E-state index < -0.39 is 0 Å². The molecule has 0 spiro atoms. The van der Waals surface area contributed by atoms with Crippen molar-refractivity contribution in [2.45, 2.75) is 24.7 Å². The SMILES string of the molecule is CCCCN1C(=O)c2cccc3c(NC(=O)CSc4ccc(OC)cc4)ccc1c23. The highest BCUT2D eigenvalue weighted by atomic mass is 32.2. The van der Waals surface area contributed by atoms with Crippen LogP contribution in [-0.2, 0) is 4.79 Å². The highest BCUT2D eigenvalue weighted by molar-refractivity contribution is 8.00. The molecule has 1 aliphatic rings. The molecule has 0 saturated heterocycles. The molecule has 4 rings (SSSR count). The summed E-state index contributed by atoms with van der Waals surface area (Å²) in [5, 5.41) is 4.85. The number of hydrogen-bond acceptors (Lipinski definition) is 4. The molecule has 0 radical (unpaired) electrons. The predicted octanol–water partition coefficient (Wildman–Crippen LogP) is 5.34. The highest BCUT2D eigenvalue weighted by Gasteiger charge is 2.30. The molecule has 6 heteroatoms. The molecule has 0 atom stereocenters. The van der Waals surface area contributed by atoms with Gasteiger partial charge in [0.2, 0.25) is 5.91 Å². The van der Waals surface area contributed by atoms with Crippen LogP contribution in [0, 0.1) is 0 Å². The van der Waals surface area contributed by atoms with E-state index in [-0.39, 0.29) is 11.8 Å². The minimum absolute atomic E-state index is 0.0441. The predicted molar refractivity (Wildman–Crippen MR) is 123 cm³/mol. The number of methoxy groups -OCH3 is 1. The number of amides is 2. The molecule has 0 saturated carbocycles. The molecule has 1 N–H and O–H groups in total. The summed E-state index contributed by atoms with van der Waals surface area (Å²) in [7, 11) is 1.63. The molecule has 2 amide bonds. The highest BCUT2D eigenvalue weighted by Crippen LogP contribution is 2.40. The smallest absolute Gasteiger partial charge is 0.258 e. The number of carbonyl (C=O) groups excluding carboxylic acids is 2. The van der Waals surface area contributed by atoms with E-state index in [4.69, 9.17) is 4.74 Å². The minimum Gasteiger partial charge on any atom is -0.497 e. The molecule has 0 unspecified atom stereocenters. The fourth-order valence-electron chi connectivity index (χ4n) is 3.70. The third-order valence-electron chi connectivity index (χ3n) is 5.22. The van der Waals surface area contributed by atoms with Crippen LogP contribution in [0.15, 0.2) is 59.5 Å². The Morgan fingerprint density at radius 2 is 1.90 bits per heavy atom. The lowest BCUT2D eigenvalue weighted by atomic mass is 10.0. The van der Waals surface area contributed by atoms with E-state index in [1.54, 1.807) is 7.11 Å². The number of hydrogen-bond donors (Lipinski definition) is 1. The van der Waals surface area contributed by atoms with Gasteiger partial charge >= 0.3 is 0 Å². The van der Waals surface area contributed by atoms with Crippen molar-refractivity contribution in [2.75, 3.05) is 29.6 Å². The summed E-state index contributed by atoms with van der Waals surface area (Å²) in [5.74, 6) is 1.06. The van der Waals surface area contributed by atoms with Crippen molar-refractivity contribution in [3.05, 3.63) is 60.2 Å². The number of nitrogens with zero attached hydrogens (tertiary/aromatic N) is 1. The van der Waals surface area contributed by atoms with E-state index in [2.05, 4.69) is 12.2 Å². The molecular formula is C24H24N2O3S. The molecular weight excluding hydrogens is 396 g/mol. The normalized spacial score (nSPS) is 12.5. The van der Waals surface area contributed by atoms with Gasteiger partial charge in [-0.25, -0.2) is 0 Å². The Kier molecular flexibility index (Phi) is 5.95. The average molecular weight is 421 g/mol. The zero-order valence-electron chi connectivity index (χ0n) is 17.1. The molecule has 3 aromatic carbocycles. The van der Waals surface area contributed by atoms with Crippen molar-refractivity contribution in [1.29, 1.82) is 0 Å². The summed E-state index contributed by atoms with van der Waals surface area (Å²) in [4.78, 5) is 28.3. The van der Waals surface area contributed by atoms with E-state index in [0.717, 1.165) is 45.6 Å². The molecule has 0 bridgehead atoms. The second-order valence-corrected chi connectivity index (χ2v) is 8.23. The van der Waals surface area contributed by atoms with Gasteiger partial charge < -0.3 is 15.0 Å². The number of benzene rings is 3. The minimum atomic E-state index is -0.0799. The van der Waals surface area contributed by atoms with Gasteiger partial charge in [0.05, 0.1) is 18.6 Å². The summed E-state index contributed by atoms with van der Waals surface area (Å²) in [6, 6.07) is 17.2. The van der Waals surface area contributed by atoms with Gasteiger partial charge in [-0.2, -0.15) is 0 Å². The Morgan fingerprint density at radius 1 is 1.10 bits per heavy atom. The first kappa shape index (κ1) is 20.3. The van der Waals surface area contributed by atoms with E-state index in [1.807, 2.05) is 59.5 Å². The van der Waals surface area contributed by atoms with Gasteiger partial charge in [-0.3, -0.25) is 9.59 Å². The first-order valence-corrected chi connectivity index (χ1v) is 11.0. The van der Waals surface area contributed by atoms with Crippen LogP contribution in [0.3, 0.4) is 0 Å². The quantitative estimate of drug-likeness (QED) is 0.500. The first-order valence-electron chi connectivity index (χ1n) is 10.1. The zero-order valence-corrected chi connectivity index (χ0v) is 17.9. The van der Waals surface area contributed by atoms with Crippen LogP contribution in [0.2, 0.25) is 0 Å². The first-order chi connectivity index (χ1) is 14.6. The van der Waals surface area contributed by atoms with Crippen LogP contribution in [0.25, 0.3) is 10.8 Å². The van der Waals surface area contributed by atoms with Gasteiger partial charge in [-0.15, -0.1) is 11.8 Å². The summed E-state index contributed by atoms with van der Waals surface area (Å²) in [5.41, 5.74) is 2.38. The maximum absolute atomic E-state index is 12.8. The second-order valence-electron chi connectivity index (χ2n) is 7.18. The van der Waals surface area contributed by atoms with Gasteiger partial charge in [0.15, 0.2) is 0 Å². The standard InChI is InChI=1S/C24H24N2O3S/c1-3-4-14-26-21-13-12-20(18-6-5-7-19(23(18)21)24(26)28)25-22(27)15-30-17-10-8-16(29-2)9-11-17/h5-13H,3-4,14-15H2,1-2H3,(H,25,27). The van der Waals surface area contributed by atoms with Crippen molar-refractivity contribution in [2.24, 2.45) is 0 Å². The topological polar surface area (TPSA) is 58.6 Å². The Bertz CT molecular complexity index is 1100. The Morgan fingerprint density at radius 3 is 2.63 bits per heavy atom. The summed E-state index contributed by atoms with van der Waals surface area (Å²) in [6.07, 6.45) is 1.99. The molecule has 0 fully saturated rings. The molecule has 154 valence electrons. The van der Waals surface area contributed by atoms with Crippen molar-refractivity contribution >= 4 is 45.7 Å². The molecule has 0 aliphatic carbocycles. The van der Waals surface area contributed by atoms with Gasteiger partial charge in [-0.05, 0) is 48.9 Å². The number of nitrogens with one attached hydrogen (secondary N) is 1. The number of ether oxygens (including phenoxy) is 1. The number of carbonyl (C=O) groups is 2. The lowest BCUT2D eigenvalue weighted by Gasteiger charge is -2.17. The van der Waals surface area contributed by atoms with Crippen molar-refractivity contribution in [3.63, 3.8) is 0 Å². The Labute approximate surface area is 180 Å². The molecule has 1 aliphatic heterocycles. The van der Waals surface area contributed by atoms with Crippen LogP contribution in [0.4, 0.5) is 11.4 Å². The zero-order chi connectivity index (χ0) is 21.1. The third kappa shape index (κ3) is 3.87.